The fraction of sp³-hybridized carbons (Fsp3) is 0.381. The second kappa shape index (κ2) is 8.86. The molecule has 1 aliphatic rings. The second-order valence-corrected chi connectivity index (χ2v) is 7.08. The maximum atomic E-state index is 13.2. The van der Waals surface area contributed by atoms with Crippen molar-refractivity contribution in [3.8, 4) is 0 Å². The highest BCUT2D eigenvalue weighted by atomic mass is 19.1. The minimum atomic E-state index is -0.263. The van der Waals surface area contributed by atoms with Gasteiger partial charge in [0.2, 0.25) is 0 Å². The summed E-state index contributed by atoms with van der Waals surface area (Å²) in [6.45, 7) is 2.47. The molecule has 1 unspecified atom stereocenters. The number of hydrogen-bond acceptors (Lipinski definition) is 3. The van der Waals surface area contributed by atoms with Gasteiger partial charge in [0.25, 0.3) is 0 Å². The van der Waals surface area contributed by atoms with Gasteiger partial charge in [-0.25, -0.2) is 9.18 Å². The molecule has 2 aromatic carbocycles. The summed E-state index contributed by atoms with van der Waals surface area (Å²) < 4.78 is 13.2. The lowest BCUT2D eigenvalue weighted by atomic mass is 10.1. The highest BCUT2D eigenvalue weighted by molar-refractivity contribution is 5.93. The number of nitrogens with one attached hydrogen (secondary N) is 2. The number of rotatable bonds is 6. The Labute approximate surface area is 160 Å². The SMILES string of the molecule is CN(C)C(CNC(=O)Nc1ccccc1N1CCCC1)c1ccc(F)cc1. The van der Waals surface area contributed by atoms with E-state index in [1.807, 2.05) is 43.3 Å². The summed E-state index contributed by atoms with van der Waals surface area (Å²) in [6, 6.07) is 14.0. The van der Waals surface area contributed by atoms with Crippen molar-refractivity contribution in [2.24, 2.45) is 0 Å². The van der Waals surface area contributed by atoms with Crippen LogP contribution >= 0.6 is 0 Å². The Morgan fingerprint density at radius 2 is 1.78 bits per heavy atom. The van der Waals surface area contributed by atoms with Gasteiger partial charge in [-0.15, -0.1) is 0 Å². The van der Waals surface area contributed by atoms with E-state index in [2.05, 4.69) is 15.5 Å². The van der Waals surface area contributed by atoms with Gasteiger partial charge in [-0.05, 0) is 56.8 Å². The number of benzene rings is 2. The van der Waals surface area contributed by atoms with Crippen molar-refractivity contribution >= 4 is 17.4 Å². The highest BCUT2D eigenvalue weighted by Gasteiger charge is 2.18. The summed E-state index contributed by atoms with van der Waals surface area (Å²) in [6.07, 6.45) is 2.37. The van der Waals surface area contributed by atoms with E-state index >= 15 is 0 Å². The zero-order valence-corrected chi connectivity index (χ0v) is 15.9. The minimum Gasteiger partial charge on any atom is -0.370 e. The average Bonchev–Trinajstić information content (AvgIpc) is 3.18. The van der Waals surface area contributed by atoms with Gasteiger partial charge in [0.05, 0.1) is 17.4 Å². The van der Waals surface area contributed by atoms with Gasteiger partial charge in [0.1, 0.15) is 5.82 Å². The first-order valence-electron chi connectivity index (χ1n) is 9.35. The zero-order valence-electron chi connectivity index (χ0n) is 15.9. The molecule has 0 aromatic heterocycles. The number of anilines is 2. The van der Waals surface area contributed by atoms with E-state index in [0.717, 1.165) is 30.0 Å². The third kappa shape index (κ3) is 4.98. The highest BCUT2D eigenvalue weighted by Crippen LogP contribution is 2.28. The molecule has 0 aliphatic carbocycles. The number of nitrogens with zero attached hydrogens (tertiary/aromatic N) is 2. The van der Waals surface area contributed by atoms with Crippen LogP contribution in [0.4, 0.5) is 20.6 Å². The Morgan fingerprint density at radius 3 is 2.44 bits per heavy atom. The summed E-state index contributed by atoms with van der Waals surface area (Å²) in [5.41, 5.74) is 2.84. The van der Waals surface area contributed by atoms with Crippen LogP contribution in [0, 0.1) is 5.82 Å². The summed E-state index contributed by atoms with van der Waals surface area (Å²) in [4.78, 5) is 16.8. The van der Waals surface area contributed by atoms with Crippen molar-refractivity contribution in [2.75, 3.05) is 43.9 Å². The number of urea groups is 1. The van der Waals surface area contributed by atoms with Gasteiger partial charge in [-0.1, -0.05) is 24.3 Å². The molecule has 1 fully saturated rings. The molecule has 0 radical (unpaired) electrons. The lowest BCUT2D eigenvalue weighted by Crippen LogP contribution is -2.37. The standard InChI is InChI=1S/C21H27FN4O/c1-25(2)20(16-9-11-17(22)12-10-16)15-23-21(27)24-18-7-3-4-8-19(18)26-13-5-6-14-26/h3-4,7-12,20H,5-6,13-15H2,1-2H3,(H2,23,24,27). The van der Waals surface area contributed by atoms with Crippen LogP contribution < -0.4 is 15.5 Å². The lowest BCUT2D eigenvalue weighted by molar-refractivity contribution is 0.243. The van der Waals surface area contributed by atoms with Gasteiger partial charge < -0.3 is 20.4 Å². The van der Waals surface area contributed by atoms with Gasteiger partial charge in [-0.2, -0.15) is 0 Å². The van der Waals surface area contributed by atoms with E-state index in [9.17, 15) is 9.18 Å². The number of likely N-dealkylation sites (N-methyl/N-ethyl adjacent to an activating group) is 1. The fourth-order valence-corrected chi connectivity index (χ4v) is 3.45. The molecule has 0 spiro atoms. The first kappa shape index (κ1) is 19.2. The Hall–Kier alpha value is -2.60. The number of carbonyl (C=O) groups is 1. The molecule has 5 nitrogen and oxygen atoms in total. The summed E-state index contributed by atoms with van der Waals surface area (Å²) >= 11 is 0. The molecule has 2 N–H and O–H groups in total. The molecule has 3 rings (SSSR count). The Kier molecular flexibility index (Phi) is 6.29. The minimum absolute atomic E-state index is 0.0369. The molecule has 1 saturated heterocycles. The largest absolute Gasteiger partial charge is 0.370 e. The average molecular weight is 370 g/mol. The van der Waals surface area contributed by atoms with Gasteiger partial charge >= 0.3 is 6.03 Å². The molecule has 27 heavy (non-hydrogen) atoms. The molecular formula is C21H27FN4O. The van der Waals surface area contributed by atoms with Crippen LogP contribution in [0.25, 0.3) is 0 Å². The van der Waals surface area contributed by atoms with Crippen molar-refractivity contribution in [2.45, 2.75) is 18.9 Å². The van der Waals surface area contributed by atoms with Crippen molar-refractivity contribution in [1.82, 2.24) is 10.2 Å². The van der Waals surface area contributed by atoms with Crippen LogP contribution in [-0.2, 0) is 0 Å². The lowest BCUT2D eigenvalue weighted by Gasteiger charge is -2.26. The molecule has 2 aromatic rings. The van der Waals surface area contributed by atoms with Crippen LogP contribution in [0.5, 0.6) is 0 Å². The maximum absolute atomic E-state index is 13.2. The van der Waals surface area contributed by atoms with E-state index in [1.54, 1.807) is 12.1 Å². The predicted molar refractivity (Wildman–Crippen MR) is 108 cm³/mol. The first-order chi connectivity index (χ1) is 13.0. The summed E-state index contributed by atoms with van der Waals surface area (Å²) in [7, 11) is 3.88. The van der Waals surface area contributed by atoms with Gasteiger partial charge in [-0.3, -0.25) is 0 Å². The molecule has 0 saturated carbocycles. The van der Waals surface area contributed by atoms with E-state index in [4.69, 9.17) is 0 Å². The predicted octanol–water partition coefficient (Wildman–Crippen LogP) is 3.85. The molecule has 1 atom stereocenters. The fourth-order valence-electron chi connectivity index (χ4n) is 3.45. The normalized spacial score (nSPS) is 15.0. The quantitative estimate of drug-likeness (QED) is 0.812. The van der Waals surface area contributed by atoms with Crippen molar-refractivity contribution in [3.05, 3.63) is 59.9 Å². The van der Waals surface area contributed by atoms with Crippen molar-refractivity contribution in [3.63, 3.8) is 0 Å². The van der Waals surface area contributed by atoms with E-state index in [0.29, 0.717) is 6.54 Å². The molecule has 2 amide bonds. The van der Waals surface area contributed by atoms with Crippen LogP contribution in [0.15, 0.2) is 48.5 Å². The number of halogens is 1. The molecule has 6 heteroatoms. The molecule has 1 heterocycles. The zero-order chi connectivity index (χ0) is 19.2. The monoisotopic (exact) mass is 370 g/mol. The number of carbonyl (C=O) groups excluding carboxylic acids is 1. The topological polar surface area (TPSA) is 47.6 Å². The van der Waals surface area contributed by atoms with Crippen LogP contribution in [0.3, 0.4) is 0 Å². The van der Waals surface area contributed by atoms with E-state index < -0.39 is 0 Å². The third-order valence-corrected chi connectivity index (χ3v) is 4.93. The second-order valence-electron chi connectivity index (χ2n) is 7.08. The number of hydrogen-bond donors (Lipinski definition) is 2. The Bertz CT molecular complexity index is 757. The van der Waals surface area contributed by atoms with Gasteiger partial charge in [0, 0.05) is 19.6 Å². The van der Waals surface area contributed by atoms with Gasteiger partial charge in [0.15, 0.2) is 0 Å². The van der Waals surface area contributed by atoms with E-state index in [1.165, 1.54) is 25.0 Å². The molecule has 144 valence electrons. The maximum Gasteiger partial charge on any atom is 0.319 e. The molecular weight excluding hydrogens is 343 g/mol. The summed E-state index contributed by atoms with van der Waals surface area (Å²) in [5, 5.41) is 5.91. The van der Waals surface area contributed by atoms with Crippen molar-refractivity contribution < 1.29 is 9.18 Å². The Balaban J connectivity index is 1.63. The first-order valence-corrected chi connectivity index (χ1v) is 9.35. The third-order valence-electron chi connectivity index (χ3n) is 4.93. The Morgan fingerprint density at radius 1 is 1.11 bits per heavy atom. The summed E-state index contributed by atoms with van der Waals surface area (Å²) in [5.74, 6) is -0.263. The smallest absolute Gasteiger partial charge is 0.319 e. The van der Waals surface area contributed by atoms with Crippen molar-refractivity contribution in [1.29, 1.82) is 0 Å². The van der Waals surface area contributed by atoms with Crippen LogP contribution in [-0.4, -0.2) is 44.7 Å². The van der Waals surface area contributed by atoms with Crippen LogP contribution in [0.2, 0.25) is 0 Å². The molecule has 0 bridgehead atoms. The number of amides is 2. The van der Waals surface area contributed by atoms with Crippen LogP contribution in [0.1, 0.15) is 24.4 Å². The van der Waals surface area contributed by atoms with E-state index in [-0.39, 0.29) is 17.9 Å². The number of para-hydroxylation sites is 2. The molecule has 1 aliphatic heterocycles.